The summed E-state index contributed by atoms with van der Waals surface area (Å²) in [5, 5.41) is 2.68. The summed E-state index contributed by atoms with van der Waals surface area (Å²) in [5.41, 5.74) is 2.21. The quantitative estimate of drug-likeness (QED) is 0.870. The fraction of sp³-hybridized carbons (Fsp3) is 0.350. The van der Waals surface area contributed by atoms with Crippen molar-refractivity contribution < 1.29 is 9.59 Å². The first-order chi connectivity index (χ1) is 12.2. The van der Waals surface area contributed by atoms with Gasteiger partial charge in [0.05, 0.1) is 0 Å². The molecule has 130 valence electrons. The van der Waals surface area contributed by atoms with Crippen molar-refractivity contribution in [3.8, 4) is 0 Å². The highest BCUT2D eigenvalue weighted by Crippen LogP contribution is 2.21. The van der Waals surface area contributed by atoms with E-state index in [4.69, 9.17) is 0 Å². The van der Waals surface area contributed by atoms with E-state index in [-0.39, 0.29) is 0 Å². The number of carbonyl (C=O) groups is 2. The number of rotatable bonds is 4. The zero-order valence-corrected chi connectivity index (χ0v) is 14.2. The van der Waals surface area contributed by atoms with Crippen LogP contribution in [0.15, 0.2) is 54.9 Å². The minimum atomic E-state index is -0.537. The van der Waals surface area contributed by atoms with Gasteiger partial charge < -0.3 is 10.2 Å². The normalized spacial score (nSPS) is 15.0. The van der Waals surface area contributed by atoms with Crippen LogP contribution in [0.25, 0.3) is 0 Å². The van der Waals surface area contributed by atoms with E-state index in [1.165, 1.54) is 5.56 Å². The van der Waals surface area contributed by atoms with Crippen LogP contribution in [0.1, 0.15) is 24.0 Å². The second-order valence-electron chi connectivity index (χ2n) is 6.47. The first kappa shape index (κ1) is 17.1. The van der Waals surface area contributed by atoms with Gasteiger partial charge in [-0.1, -0.05) is 36.4 Å². The van der Waals surface area contributed by atoms with Gasteiger partial charge in [0.2, 0.25) is 0 Å². The van der Waals surface area contributed by atoms with Crippen molar-refractivity contribution >= 4 is 11.8 Å². The van der Waals surface area contributed by atoms with Gasteiger partial charge >= 0.3 is 11.8 Å². The molecule has 0 bridgehead atoms. The predicted octanol–water partition coefficient (Wildman–Crippen LogP) is 2.18. The molecule has 5 heteroatoms. The number of likely N-dealkylation sites (tertiary alicyclic amines) is 1. The topological polar surface area (TPSA) is 62.3 Å². The highest BCUT2D eigenvalue weighted by molar-refractivity contribution is 6.34. The summed E-state index contributed by atoms with van der Waals surface area (Å²) in [6.45, 7) is 1.62. The zero-order chi connectivity index (χ0) is 17.5. The number of nitrogens with zero attached hydrogens (tertiary/aromatic N) is 2. The number of nitrogens with one attached hydrogen (secondary N) is 1. The predicted molar refractivity (Wildman–Crippen MR) is 95.5 cm³/mol. The number of carbonyl (C=O) groups excluding carboxylic acids is 2. The molecule has 2 heterocycles. The van der Waals surface area contributed by atoms with Crippen LogP contribution < -0.4 is 5.32 Å². The van der Waals surface area contributed by atoms with E-state index >= 15 is 0 Å². The van der Waals surface area contributed by atoms with Crippen LogP contribution in [0, 0.1) is 5.92 Å². The molecule has 25 heavy (non-hydrogen) atoms. The third-order valence-corrected chi connectivity index (χ3v) is 4.64. The Bertz CT molecular complexity index is 695. The van der Waals surface area contributed by atoms with E-state index in [1.807, 2.05) is 12.1 Å². The molecule has 1 fully saturated rings. The Hall–Kier alpha value is -2.69. The van der Waals surface area contributed by atoms with Crippen LogP contribution >= 0.6 is 0 Å². The molecule has 1 saturated heterocycles. The van der Waals surface area contributed by atoms with E-state index in [0.717, 1.165) is 24.8 Å². The monoisotopic (exact) mass is 337 g/mol. The van der Waals surface area contributed by atoms with Crippen molar-refractivity contribution in [1.82, 2.24) is 15.2 Å². The van der Waals surface area contributed by atoms with Gasteiger partial charge in [-0.2, -0.15) is 0 Å². The molecule has 1 N–H and O–H groups in total. The highest BCUT2D eigenvalue weighted by Gasteiger charge is 2.26. The molecule has 2 amide bonds. The average molecular weight is 337 g/mol. The number of pyridine rings is 1. The maximum atomic E-state index is 12.3. The lowest BCUT2D eigenvalue weighted by Crippen LogP contribution is -2.46. The zero-order valence-electron chi connectivity index (χ0n) is 14.2. The first-order valence-electron chi connectivity index (χ1n) is 8.72. The molecular formula is C20H23N3O2. The Kier molecular flexibility index (Phi) is 5.77. The molecule has 1 aromatic carbocycles. The molecule has 1 aliphatic heterocycles. The van der Waals surface area contributed by atoms with Gasteiger partial charge in [0.15, 0.2) is 0 Å². The number of piperidine rings is 1. The molecular weight excluding hydrogens is 314 g/mol. The van der Waals surface area contributed by atoms with E-state index in [2.05, 4.69) is 34.6 Å². The Morgan fingerprint density at radius 1 is 1.04 bits per heavy atom. The van der Waals surface area contributed by atoms with Crippen LogP contribution in [-0.2, 0) is 22.6 Å². The Balaban J connectivity index is 1.44. The molecule has 2 aromatic rings. The van der Waals surface area contributed by atoms with Crippen molar-refractivity contribution in [1.29, 1.82) is 0 Å². The number of hydrogen-bond acceptors (Lipinski definition) is 3. The summed E-state index contributed by atoms with van der Waals surface area (Å²) < 4.78 is 0. The molecule has 0 saturated carbocycles. The molecule has 1 aromatic heterocycles. The fourth-order valence-electron chi connectivity index (χ4n) is 3.19. The number of benzene rings is 1. The van der Waals surface area contributed by atoms with Crippen LogP contribution in [0.2, 0.25) is 0 Å². The summed E-state index contributed by atoms with van der Waals surface area (Å²) in [5.74, 6) is -0.391. The molecule has 0 radical (unpaired) electrons. The van der Waals surface area contributed by atoms with E-state index in [0.29, 0.717) is 25.6 Å². The third kappa shape index (κ3) is 4.89. The van der Waals surface area contributed by atoms with Gasteiger partial charge in [-0.25, -0.2) is 0 Å². The third-order valence-electron chi connectivity index (χ3n) is 4.64. The van der Waals surface area contributed by atoms with Gasteiger partial charge in [-0.3, -0.25) is 14.6 Å². The molecule has 0 aliphatic carbocycles. The maximum absolute atomic E-state index is 12.3. The lowest BCUT2D eigenvalue weighted by atomic mass is 9.90. The van der Waals surface area contributed by atoms with E-state index in [9.17, 15) is 9.59 Å². The van der Waals surface area contributed by atoms with Gasteiger partial charge in [-0.05, 0) is 42.4 Å². The van der Waals surface area contributed by atoms with Crippen molar-refractivity contribution in [2.45, 2.75) is 25.8 Å². The molecule has 3 rings (SSSR count). The largest absolute Gasteiger partial charge is 0.344 e. The average Bonchev–Trinajstić information content (AvgIpc) is 2.68. The summed E-state index contributed by atoms with van der Waals surface area (Å²) in [6.07, 6.45) is 6.28. The lowest BCUT2D eigenvalue weighted by Gasteiger charge is -2.31. The Labute approximate surface area is 148 Å². The molecule has 0 atom stereocenters. The van der Waals surface area contributed by atoms with Crippen LogP contribution in [0.4, 0.5) is 0 Å². The molecule has 5 nitrogen and oxygen atoms in total. The van der Waals surface area contributed by atoms with Gasteiger partial charge in [0, 0.05) is 32.0 Å². The fourth-order valence-corrected chi connectivity index (χ4v) is 3.19. The number of hydrogen-bond donors (Lipinski definition) is 1. The van der Waals surface area contributed by atoms with Gasteiger partial charge in [-0.15, -0.1) is 0 Å². The SMILES string of the molecule is O=C(NCc1cccnc1)C(=O)N1CCC(Cc2ccccc2)CC1. The number of amides is 2. The summed E-state index contributed by atoms with van der Waals surface area (Å²) in [7, 11) is 0. The Morgan fingerprint density at radius 2 is 1.76 bits per heavy atom. The van der Waals surface area contributed by atoms with Crippen LogP contribution in [0.5, 0.6) is 0 Å². The molecule has 1 aliphatic rings. The summed E-state index contributed by atoms with van der Waals surface area (Å²) in [4.78, 5) is 30.0. The first-order valence-corrected chi connectivity index (χ1v) is 8.72. The van der Waals surface area contributed by atoms with Gasteiger partial charge in [0.25, 0.3) is 0 Å². The molecule has 0 spiro atoms. The van der Waals surface area contributed by atoms with Crippen molar-refractivity contribution in [3.05, 3.63) is 66.0 Å². The number of aromatic nitrogens is 1. The van der Waals surface area contributed by atoms with Crippen molar-refractivity contribution in [2.24, 2.45) is 5.92 Å². The highest BCUT2D eigenvalue weighted by atomic mass is 16.2. The van der Waals surface area contributed by atoms with Crippen LogP contribution in [-0.4, -0.2) is 34.8 Å². The minimum Gasteiger partial charge on any atom is -0.344 e. The van der Waals surface area contributed by atoms with Crippen LogP contribution in [0.3, 0.4) is 0 Å². The lowest BCUT2D eigenvalue weighted by molar-refractivity contribution is -0.146. The second kappa shape index (κ2) is 8.42. The van der Waals surface area contributed by atoms with Crippen molar-refractivity contribution in [3.63, 3.8) is 0 Å². The summed E-state index contributed by atoms with van der Waals surface area (Å²) in [6, 6.07) is 14.1. The summed E-state index contributed by atoms with van der Waals surface area (Å²) >= 11 is 0. The minimum absolute atomic E-state index is 0.322. The maximum Gasteiger partial charge on any atom is 0.311 e. The van der Waals surface area contributed by atoms with E-state index in [1.54, 1.807) is 23.4 Å². The molecule has 0 unspecified atom stereocenters. The Morgan fingerprint density at radius 3 is 2.44 bits per heavy atom. The standard InChI is InChI=1S/C20H23N3O2/c24-19(22-15-18-7-4-10-21-14-18)20(25)23-11-8-17(9-12-23)13-16-5-2-1-3-6-16/h1-7,10,14,17H,8-9,11-13,15H2,(H,22,24). The van der Waals surface area contributed by atoms with E-state index < -0.39 is 11.8 Å². The van der Waals surface area contributed by atoms with Crippen molar-refractivity contribution in [2.75, 3.05) is 13.1 Å². The van der Waals surface area contributed by atoms with Gasteiger partial charge in [0.1, 0.15) is 0 Å². The smallest absolute Gasteiger partial charge is 0.311 e. The second-order valence-corrected chi connectivity index (χ2v) is 6.47.